The van der Waals surface area contributed by atoms with Crippen molar-refractivity contribution in [1.29, 1.82) is 0 Å². The molecular formula is C31H37F2N3O7. The summed E-state index contributed by atoms with van der Waals surface area (Å²) in [5.74, 6) is -6.65. The Morgan fingerprint density at radius 1 is 1.07 bits per heavy atom. The number of aliphatic hydroxyl groups is 3. The molecule has 2 saturated carbocycles. The smallest absolute Gasteiger partial charge is 0.255 e. The molecule has 7 N–H and O–H groups in total. The number of nitrogens with zero attached hydrogens (tertiary/aromatic N) is 1. The number of carbonyl (C=O) groups is 3. The van der Waals surface area contributed by atoms with E-state index in [1.807, 2.05) is 6.07 Å². The number of aromatic hydroxyl groups is 1. The molecule has 4 aliphatic carbocycles. The van der Waals surface area contributed by atoms with Crippen LogP contribution in [0.2, 0.25) is 0 Å². The lowest BCUT2D eigenvalue weighted by molar-refractivity contribution is -0.150. The Labute approximate surface area is 247 Å². The minimum Gasteiger partial charge on any atom is -0.508 e. The summed E-state index contributed by atoms with van der Waals surface area (Å²) < 4.78 is 25.8. The van der Waals surface area contributed by atoms with Gasteiger partial charge in [0.2, 0.25) is 5.78 Å². The number of benzene rings is 1. The molecule has 1 amide bonds. The second kappa shape index (κ2) is 11.0. The number of alkyl halides is 2. The fourth-order valence-electron chi connectivity index (χ4n) is 8.24. The van der Waals surface area contributed by atoms with Crippen LogP contribution >= 0.6 is 0 Å². The number of Topliss-reactive ketones (excluding diaryl/α,β-unsaturated/α-hetero) is 2. The van der Waals surface area contributed by atoms with E-state index in [1.54, 1.807) is 4.90 Å². The lowest BCUT2D eigenvalue weighted by Crippen LogP contribution is -2.67. The van der Waals surface area contributed by atoms with Crippen LogP contribution in [0.5, 0.6) is 5.75 Å². The number of nitrogens with one attached hydrogen (secondary N) is 1. The number of ketones is 2. The van der Waals surface area contributed by atoms with Gasteiger partial charge < -0.3 is 31.5 Å². The number of phenols is 1. The molecule has 232 valence electrons. The number of fused-ring (bicyclic) bond motifs is 3. The number of phenolic OH excluding ortho intramolecular Hbond substituents is 1. The van der Waals surface area contributed by atoms with Crippen LogP contribution < -0.4 is 11.1 Å². The topological polar surface area (TPSA) is 173 Å². The first-order valence-electron chi connectivity index (χ1n) is 15.0. The fraction of sp³-hybridized carbons (Fsp3) is 0.581. The van der Waals surface area contributed by atoms with Crippen molar-refractivity contribution in [2.45, 2.75) is 81.4 Å². The summed E-state index contributed by atoms with van der Waals surface area (Å²) in [6, 6.07) is 1.72. The van der Waals surface area contributed by atoms with E-state index < -0.39 is 64.5 Å². The van der Waals surface area contributed by atoms with Gasteiger partial charge in [-0.05, 0) is 80.6 Å². The van der Waals surface area contributed by atoms with E-state index in [2.05, 4.69) is 5.32 Å². The first-order chi connectivity index (χ1) is 20.4. The zero-order valence-corrected chi connectivity index (χ0v) is 23.7. The molecule has 0 unspecified atom stereocenters. The van der Waals surface area contributed by atoms with E-state index in [1.165, 1.54) is 6.07 Å². The second-order valence-corrected chi connectivity index (χ2v) is 12.7. The van der Waals surface area contributed by atoms with E-state index in [4.69, 9.17) is 5.73 Å². The molecule has 10 nitrogen and oxygen atoms in total. The van der Waals surface area contributed by atoms with E-state index in [0.717, 1.165) is 36.8 Å². The van der Waals surface area contributed by atoms with Crippen LogP contribution in [-0.4, -0.2) is 86.5 Å². The third-order valence-electron chi connectivity index (χ3n) is 10.3. The molecule has 0 aromatic heterocycles. The molecule has 0 bridgehead atoms. The average molecular weight is 602 g/mol. The SMILES string of the molecule is NC(=O)C1=C(O)[C@@]2(O)C(=O)C3=C(O)c4c(O)ccc(C5CCCC5)c4C[C@H]3C[C@H]2[C@@H](NC2CCN(CC(F)F)CC2)C1=O. The summed E-state index contributed by atoms with van der Waals surface area (Å²) in [5, 5.41) is 48.5. The molecule has 43 heavy (non-hydrogen) atoms. The summed E-state index contributed by atoms with van der Waals surface area (Å²) in [5.41, 5.74) is 3.51. The van der Waals surface area contributed by atoms with Gasteiger partial charge in [0, 0.05) is 17.5 Å². The number of amides is 1. The molecule has 1 saturated heterocycles. The molecule has 1 aromatic rings. The zero-order chi connectivity index (χ0) is 30.8. The molecule has 1 aromatic carbocycles. The van der Waals surface area contributed by atoms with Crippen molar-refractivity contribution >= 4 is 23.2 Å². The van der Waals surface area contributed by atoms with Crippen molar-refractivity contribution in [3.05, 3.63) is 45.7 Å². The Morgan fingerprint density at radius 3 is 2.37 bits per heavy atom. The van der Waals surface area contributed by atoms with Crippen LogP contribution in [0.1, 0.15) is 67.6 Å². The Morgan fingerprint density at radius 2 is 1.74 bits per heavy atom. The van der Waals surface area contributed by atoms with Crippen LogP contribution in [0.4, 0.5) is 8.78 Å². The minimum absolute atomic E-state index is 0.00454. The standard InChI is InChI=1S/C31H37F2N3O7/c32-21(33)13-36-9-7-16(8-10-36)35-25-19-12-15-11-18-17(14-3-1-2-4-14)5-6-20(37)23(18)26(38)22(15)28(40)31(19,43)29(41)24(27(25)39)30(34)42/h5-6,14-16,19,21,25,35,37-38,41,43H,1-4,7-13H2,(H2,34,42)/t15-,19-,25+,31-/m0/s1. The normalized spacial score (nSPS) is 30.6. The first kappa shape index (κ1) is 29.7. The van der Waals surface area contributed by atoms with E-state index >= 15 is 0 Å². The summed E-state index contributed by atoms with van der Waals surface area (Å²) >= 11 is 0. The van der Waals surface area contributed by atoms with Gasteiger partial charge in [-0.1, -0.05) is 18.9 Å². The van der Waals surface area contributed by atoms with Crippen molar-refractivity contribution in [3.63, 3.8) is 0 Å². The lowest BCUT2D eigenvalue weighted by Gasteiger charge is -2.50. The van der Waals surface area contributed by atoms with Crippen LogP contribution in [0.15, 0.2) is 29.0 Å². The van der Waals surface area contributed by atoms with Gasteiger partial charge in [0.15, 0.2) is 11.4 Å². The highest BCUT2D eigenvalue weighted by Gasteiger charge is 2.64. The molecular weight excluding hydrogens is 564 g/mol. The lowest BCUT2D eigenvalue weighted by atomic mass is 9.57. The Bertz CT molecular complexity index is 1430. The maximum Gasteiger partial charge on any atom is 0.255 e. The first-order valence-corrected chi connectivity index (χ1v) is 15.0. The van der Waals surface area contributed by atoms with Gasteiger partial charge in [-0.25, -0.2) is 8.78 Å². The van der Waals surface area contributed by atoms with Crippen molar-refractivity contribution in [2.75, 3.05) is 19.6 Å². The molecule has 3 fully saturated rings. The number of halogens is 2. The molecule has 0 radical (unpaired) electrons. The summed E-state index contributed by atoms with van der Waals surface area (Å²) in [6.45, 7) is 0.316. The number of piperidine rings is 1. The largest absolute Gasteiger partial charge is 0.508 e. The number of hydrogen-bond acceptors (Lipinski definition) is 9. The predicted octanol–water partition coefficient (Wildman–Crippen LogP) is 2.38. The van der Waals surface area contributed by atoms with E-state index in [9.17, 15) is 43.6 Å². The van der Waals surface area contributed by atoms with Gasteiger partial charge in [0.1, 0.15) is 22.8 Å². The maximum absolute atomic E-state index is 14.1. The Balaban J connectivity index is 1.39. The minimum atomic E-state index is -2.73. The molecule has 1 aliphatic heterocycles. The summed E-state index contributed by atoms with van der Waals surface area (Å²) in [7, 11) is 0. The van der Waals surface area contributed by atoms with Crippen molar-refractivity contribution in [3.8, 4) is 5.75 Å². The number of rotatable bonds is 6. The monoisotopic (exact) mass is 601 g/mol. The third-order valence-corrected chi connectivity index (χ3v) is 10.3. The van der Waals surface area contributed by atoms with Crippen LogP contribution in [-0.2, 0) is 20.8 Å². The van der Waals surface area contributed by atoms with Crippen LogP contribution in [0.3, 0.4) is 0 Å². The molecule has 1 heterocycles. The Hall–Kier alpha value is -3.35. The second-order valence-electron chi connectivity index (χ2n) is 12.7. The highest BCUT2D eigenvalue weighted by Crippen LogP contribution is 2.53. The van der Waals surface area contributed by atoms with E-state index in [-0.39, 0.29) is 48.2 Å². The average Bonchev–Trinajstić information content (AvgIpc) is 3.48. The fourth-order valence-corrected chi connectivity index (χ4v) is 8.24. The van der Waals surface area contributed by atoms with Gasteiger partial charge >= 0.3 is 0 Å². The number of aliphatic hydroxyl groups excluding tert-OH is 2. The quantitative estimate of drug-likeness (QED) is 0.268. The number of carbonyl (C=O) groups excluding carboxylic acids is 3. The highest BCUT2D eigenvalue weighted by atomic mass is 19.3. The molecule has 5 aliphatic rings. The van der Waals surface area contributed by atoms with Crippen molar-refractivity contribution < 1.29 is 43.6 Å². The number of primary amides is 1. The molecule has 6 rings (SSSR count). The number of nitrogens with two attached hydrogens (primary N) is 1. The number of hydrogen-bond donors (Lipinski definition) is 6. The van der Waals surface area contributed by atoms with Gasteiger partial charge in [0.25, 0.3) is 12.3 Å². The maximum atomic E-state index is 14.1. The van der Waals surface area contributed by atoms with Crippen molar-refractivity contribution in [2.24, 2.45) is 17.6 Å². The molecule has 4 atom stereocenters. The van der Waals surface area contributed by atoms with E-state index in [0.29, 0.717) is 25.9 Å². The van der Waals surface area contributed by atoms with Crippen LogP contribution in [0.25, 0.3) is 5.76 Å². The van der Waals surface area contributed by atoms with Gasteiger partial charge in [-0.3, -0.25) is 19.3 Å². The van der Waals surface area contributed by atoms with Crippen molar-refractivity contribution in [1.82, 2.24) is 10.2 Å². The van der Waals surface area contributed by atoms with Gasteiger partial charge in [0.05, 0.1) is 18.2 Å². The van der Waals surface area contributed by atoms with Gasteiger partial charge in [-0.2, -0.15) is 0 Å². The zero-order valence-electron chi connectivity index (χ0n) is 23.7. The summed E-state index contributed by atoms with van der Waals surface area (Å²) in [4.78, 5) is 41.8. The highest BCUT2D eigenvalue weighted by molar-refractivity contribution is 6.24. The molecule has 12 heteroatoms. The summed E-state index contributed by atoms with van der Waals surface area (Å²) in [6.07, 6.45) is 2.67. The Kier molecular flexibility index (Phi) is 7.58. The third kappa shape index (κ3) is 4.74. The predicted molar refractivity (Wildman–Crippen MR) is 150 cm³/mol. The van der Waals surface area contributed by atoms with Gasteiger partial charge in [-0.15, -0.1) is 0 Å². The molecule has 0 spiro atoms. The van der Waals surface area contributed by atoms with Crippen LogP contribution in [0, 0.1) is 11.8 Å². The number of likely N-dealkylation sites (tertiary alicyclic amines) is 1.